The van der Waals surface area contributed by atoms with Crippen molar-refractivity contribution in [1.29, 1.82) is 0 Å². The topological polar surface area (TPSA) is 42.7 Å². The second-order valence-electron chi connectivity index (χ2n) is 5.04. The first-order valence-electron chi connectivity index (χ1n) is 6.56. The summed E-state index contributed by atoms with van der Waals surface area (Å²) in [5, 5.41) is 8.61. The molecule has 0 bridgehead atoms. The highest BCUT2D eigenvalue weighted by Gasteiger charge is 2.20. The fourth-order valence-corrected chi connectivity index (χ4v) is 2.18. The summed E-state index contributed by atoms with van der Waals surface area (Å²) in [6, 6.07) is 6.69. The van der Waals surface area contributed by atoms with E-state index in [1.165, 1.54) is 12.8 Å². The zero-order chi connectivity index (χ0) is 13.4. The maximum atomic E-state index is 6.18. The van der Waals surface area contributed by atoms with E-state index in [9.17, 15) is 0 Å². The molecular formula is C14H17ClN4. The lowest BCUT2D eigenvalue weighted by molar-refractivity contribution is 0.669. The average molecular weight is 277 g/mol. The van der Waals surface area contributed by atoms with Crippen molar-refractivity contribution in [2.24, 2.45) is 0 Å². The van der Waals surface area contributed by atoms with E-state index >= 15 is 0 Å². The highest BCUT2D eigenvalue weighted by molar-refractivity contribution is 6.31. The SMILES string of the molecule is Cc1nn(-c2cccc(CNC3CC3)n2)c(C)c1Cl. The minimum atomic E-state index is 0.689. The molecule has 1 saturated carbocycles. The maximum Gasteiger partial charge on any atom is 0.154 e. The summed E-state index contributed by atoms with van der Waals surface area (Å²) >= 11 is 6.18. The molecule has 0 radical (unpaired) electrons. The van der Waals surface area contributed by atoms with Gasteiger partial charge < -0.3 is 5.32 Å². The number of nitrogens with one attached hydrogen (secondary N) is 1. The van der Waals surface area contributed by atoms with Crippen LogP contribution in [0, 0.1) is 13.8 Å². The van der Waals surface area contributed by atoms with Crippen molar-refractivity contribution in [2.75, 3.05) is 0 Å². The lowest BCUT2D eigenvalue weighted by atomic mass is 10.3. The van der Waals surface area contributed by atoms with Crippen LogP contribution in [0.1, 0.15) is 29.9 Å². The highest BCUT2D eigenvalue weighted by Crippen LogP contribution is 2.22. The van der Waals surface area contributed by atoms with E-state index in [0.29, 0.717) is 11.1 Å². The van der Waals surface area contributed by atoms with Crippen LogP contribution in [0.5, 0.6) is 0 Å². The van der Waals surface area contributed by atoms with Gasteiger partial charge in [0.05, 0.1) is 22.1 Å². The number of hydrogen-bond acceptors (Lipinski definition) is 3. The van der Waals surface area contributed by atoms with E-state index in [1.54, 1.807) is 4.68 Å². The summed E-state index contributed by atoms with van der Waals surface area (Å²) in [7, 11) is 0. The largest absolute Gasteiger partial charge is 0.308 e. The third-order valence-corrected chi connectivity index (χ3v) is 3.91. The summed E-state index contributed by atoms with van der Waals surface area (Å²) < 4.78 is 1.80. The van der Waals surface area contributed by atoms with Gasteiger partial charge in [-0.15, -0.1) is 0 Å². The van der Waals surface area contributed by atoms with Crippen molar-refractivity contribution < 1.29 is 0 Å². The average Bonchev–Trinajstić information content (AvgIpc) is 3.21. The third kappa shape index (κ3) is 2.65. The first-order chi connectivity index (χ1) is 9.15. The molecule has 0 atom stereocenters. The van der Waals surface area contributed by atoms with Crippen LogP contribution in [-0.4, -0.2) is 20.8 Å². The smallest absolute Gasteiger partial charge is 0.154 e. The Balaban J connectivity index is 1.86. The molecule has 100 valence electrons. The van der Waals surface area contributed by atoms with Crippen LogP contribution in [0.25, 0.3) is 5.82 Å². The first kappa shape index (κ1) is 12.6. The fraction of sp³-hybridized carbons (Fsp3) is 0.429. The normalized spacial score (nSPS) is 14.9. The molecule has 0 unspecified atom stereocenters. The number of aromatic nitrogens is 3. The molecule has 5 heteroatoms. The van der Waals surface area contributed by atoms with Crippen LogP contribution in [0.4, 0.5) is 0 Å². The third-order valence-electron chi connectivity index (χ3n) is 3.36. The molecule has 0 saturated heterocycles. The lowest BCUT2D eigenvalue weighted by Crippen LogP contribution is -2.16. The zero-order valence-corrected chi connectivity index (χ0v) is 11.9. The second kappa shape index (κ2) is 4.94. The minimum absolute atomic E-state index is 0.689. The van der Waals surface area contributed by atoms with Gasteiger partial charge >= 0.3 is 0 Å². The molecule has 1 fully saturated rings. The molecule has 0 aliphatic heterocycles. The highest BCUT2D eigenvalue weighted by atomic mass is 35.5. The lowest BCUT2D eigenvalue weighted by Gasteiger charge is -2.07. The standard InChI is InChI=1S/C14H17ClN4/c1-9-14(15)10(2)19(18-9)13-5-3-4-12(17-13)8-16-11-6-7-11/h3-5,11,16H,6-8H2,1-2H3. The molecule has 0 amide bonds. The second-order valence-corrected chi connectivity index (χ2v) is 5.42. The number of pyridine rings is 1. The monoisotopic (exact) mass is 276 g/mol. The maximum absolute atomic E-state index is 6.18. The summed E-state index contributed by atoms with van der Waals surface area (Å²) in [4.78, 5) is 4.64. The van der Waals surface area contributed by atoms with Gasteiger partial charge in [0, 0.05) is 12.6 Å². The van der Waals surface area contributed by atoms with E-state index in [1.807, 2.05) is 32.0 Å². The Bertz CT molecular complexity index is 601. The van der Waals surface area contributed by atoms with Crippen LogP contribution in [-0.2, 0) is 6.54 Å². The van der Waals surface area contributed by atoms with E-state index < -0.39 is 0 Å². The van der Waals surface area contributed by atoms with Gasteiger partial charge in [0.25, 0.3) is 0 Å². The zero-order valence-electron chi connectivity index (χ0n) is 11.2. The van der Waals surface area contributed by atoms with Crippen LogP contribution in [0.3, 0.4) is 0 Å². The Kier molecular flexibility index (Phi) is 3.29. The Labute approximate surface area is 117 Å². The van der Waals surface area contributed by atoms with Crippen LogP contribution in [0.2, 0.25) is 5.02 Å². The molecule has 4 nitrogen and oxygen atoms in total. The van der Waals surface area contributed by atoms with E-state index in [-0.39, 0.29) is 0 Å². The first-order valence-corrected chi connectivity index (χ1v) is 6.94. The van der Waals surface area contributed by atoms with Crippen LogP contribution >= 0.6 is 11.6 Å². The number of halogens is 1. The molecule has 3 rings (SSSR count). The fourth-order valence-electron chi connectivity index (χ4n) is 2.07. The number of rotatable bonds is 4. The van der Waals surface area contributed by atoms with Crippen LogP contribution in [0.15, 0.2) is 18.2 Å². The molecule has 2 aromatic heterocycles. The van der Waals surface area contributed by atoms with Gasteiger partial charge in [0.2, 0.25) is 0 Å². The molecule has 2 heterocycles. The van der Waals surface area contributed by atoms with E-state index in [4.69, 9.17) is 11.6 Å². The van der Waals surface area contributed by atoms with Crippen LogP contribution < -0.4 is 5.32 Å². The Morgan fingerprint density at radius 3 is 2.79 bits per heavy atom. The molecule has 1 aliphatic rings. The van der Waals surface area contributed by atoms with Gasteiger partial charge in [-0.1, -0.05) is 17.7 Å². The van der Waals surface area contributed by atoms with E-state index in [2.05, 4.69) is 15.4 Å². The summed E-state index contributed by atoms with van der Waals surface area (Å²) in [5.74, 6) is 0.822. The minimum Gasteiger partial charge on any atom is -0.308 e. The molecule has 0 spiro atoms. The van der Waals surface area contributed by atoms with Crippen molar-refractivity contribution in [3.63, 3.8) is 0 Å². The van der Waals surface area contributed by atoms with Gasteiger partial charge in [-0.3, -0.25) is 0 Å². The van der Waals surface area contributed by atoms with Crippen molar-refractivity contribution in [2.45, 2.75) is 39.3 Å². The Morgan fingerprint density at radius 1 is 1.37 bits per heavy atom. The molecule has 2 aromatic rings. The number of nitrogens with zero attached hydrogens (tertiary/aromatic N) is 3. The number of hydrogen-bond donors (Lipinski definition) is 1. The van der Waals surface area contributed by atoms with Gasteiger partial charge in [-0.25, -0.2) is 9.67 Å². The van der Waals surface area contributed by atoms with Gasteiger partial charge in [0.1, 0.15) is 0 Å². The van der Waals surface area contributed by atoms with Gasteiger partial charge in [-0.2, -0.15) is 5.10 Å². The van der Waals surface area contributed by atoms with Crippen molar-refractivity contribution in [3.8, 4) is 5.82 Å². The number of aryl methyl sites for hydroxylation is 1. The van der Waals surface area contributed by atoms with Crippen molar-refractivity contribution in [1.82, 2.24) is 20.1 Å². The molecular weight excluding hydrogens is 260 g/mol. The van der Waals surface area contributed by atoms with Gasteiger partial charge in [0.15, 0.2) is 5.82 Å². The van der Waals surface area contributed by atoms with Gasteiger partial charge in [-0.05, 0) is 38.8 Å². The summed E-state index contributed by atoms with van der Waals surface area (Å²) in [5.41, 5.74) is 2.80. The molecule has 1 N–H and O–H groups in total. The predicted molar refractivity (Wildman–Crippen MR) is 75.7 cm³/mol. The predicted octanol–water partition coefficient (Wildman–Crippen LogP) is 2.79. The Hall–Kier alpha value is -1.39. The van der Waals surface area contributed by atoms with Crippen molar-refractivity contribution in [3.05, 3.63) is 40.3 Å². The Morgan fingerprint density at radius 2 is 2.16 bits per heavy atom. The molecule has 19 heavy (non-hydrogen) atoms. The summed E-state index contributed by atoms with van der Waals surface area (Å²) in [6.07, 6.45) is 2.57. The van der Waals surface area contributed by atoms with Crippen molar-refractivity contribution >= 4 is 11.6 Å². The summed E-state index contributed by atoms with van der Waals surface area (Å²) in [6.45, 7) is 4.68. The molecule has 1 aliphatic carbocycles. The molecule has 0 aromatic carbocycles. The quantitative estimate of drug-likeness (QED) is 0.934. The van der Waals surface area contributed by atoms with E-state index in [0.717, 1.165) is 29.4 Å².